The molecule has 5 nitrogen and oxygen atoms in total. The minimum atomic E-state index is -0.345. The van der Waals surface area contributed by atoms with E-state index in [1.54, 1.807) is 4.90 Å². The fourth-order valence-corrected chi connectivity index (χ4v) is 2.24. The van der Waals surface area contributed by atoms with Gasteiger partial charge in [0.1, 0.15) is 6.04 Å². The van der Waals surface area contributed by atoms with E-state index in [4.69, 9.17) is 5.11 Å². The van der Waals surface area contributed by atoms with Crippen LogP contribution >= 0.6 is 0 Å². The highest BCUT2D eigenvalue weighted by Crippen LogP contribution is 2.26. The molecule has 0 spiro atoms. The Kier molecular flexibility index (Phi) is 2.41. The summed E-state index contributed by atoms with van der Waals surface area (Å²) in [7, 11) is 0. The summed E-state index contributed by atoms with van der Waals surface area (Å²) in [5.41, 5.74) is 0. The van der Waals surface area contributed by atoms with Crippen LogP contribution in [0, 0.1) is 0 Å². The van der Waals surface area contributed by atoms with Gasteiger partial charge in [0.25, 0.3) is 0 Å². The van der Waals surface area contributed by atoms with Crippen molar-refractivity contribution in [2.24, 2.45) is 0 Å². The Morgan fingerprint density at radius 2 is 2.21 bits per heavy atom. The molecule has 2 aliphatic heterocycles. The lowest BCUT2D eigenvalue weighted by Gasteiger charge is -2.25. The second kappa shape index (κ2) is 3.57. The van der Waals surface area contributed by atoms with E-state index in [2.05, 4.69) is 5.32 Å². The first-order valence-electron chi connectivity index (χ1n) is 4.94. The predicted octanol–water partition coefficient (Wildman–Crippen LogP) is -1.14. The molecule has 2 rings (SSSR count). The van der Waals surface area contributed by atoms with Crippen molar-refractivity contribution in [3.05, 3.63) is 0 Å². The number of carbonyl (C=O) groups is 2. The molecule has 0 aromatic heterocycles. The van der Waals surface area contributed by atoms with Crippen molar-refractivity contribution in [3.63, 3.8) is 0 Å². The van der Waals surface area contributed by atoms with Crippen LogP contribution in [0.2, 0.25) is 0 Å². The molecular formula is C9H14N2O3. The Bertz CT molecular complexity index is 267. The maximum Gasteiger partial charge on any atom is 0.242 e. The molecule has 0 bridgehead atoms. The molecule has 5 heteroatoms. The van der Waals surface area contributed by atoms with Crippen molar-refractivity contribution in [2.75, 3.05) is 13.2 Å². The summed E-state index contributed by atoms with van der Waals surface area (Å²) < 4.78 is 0. The van der Waals surface area contributed by atoms with Gasteiger partial charge in [0, 0.05) is 13.0 Å². The molecule has 0 aromatic carbocycles. The number of hydrogen-bond donors (Lipinski definition) is 2. The molecule has 2 fully saturated rings. The van der Waals surface area contributed by atoms with Crippen LogP contribution in [0.5, 0.6) is 0 Å². The van der Waals surface area contributed by atoms with Crippen LogP contribution in [0.15, 0.2) is 0 Å². The number of rotatable bonds is 1. The van der Waals surface area contributed by atoms with Crippen LogP contribution in [0.25, 0.3) is 0 Å². The van der Waals surface area contributed by atoms with Crippen molar-refractivity contribution >= 4 is 11.8 Å². The SMILES string of the molecule is O=C1NCCC(=O)N2[C@@H](CO)CC[C@@H]12. The average molecular weight is 198 g/mol. The minimum Gasteiger partial charge on any atom is -0.394 e. The lowest BCUT2D eigenvalue weighted by molar-refractivity contribution is -0.138. The first kappa shape index (κ1) is 9.45. The zero-order valence-electron chi connectivity index (χ0n) is 7.90. The number of aliphatic hydroxyl groups excluding tert-OH is 1. The molecule has 2 atom stereocenters. The van der Waals surface area contributed by atoms with Crippen LogP contribution in [0.4, 0.5) is 0 Å². The van der Waals surface area contributed by atoms with Gasteiger partial charge in [-0.25, -0.2) is 0 Å². The molecule has 0 radical (unpaired) electrons. The van der Waals surface area contributed by atoms with E-state index in [9.17, 15) is 9.59 Å². The molecule has 2 aliphatic rings. The number of aliphatic hydroxyl groups is 1. The fourth-order valence-electron chi connectivity index (χ4n) is 2.24. The Morgan fingerprint density at radius 1 is 1.43 bits per heavy atom. The number of nitrogens with zero attached hydrogens (tertiary/aromatic N) is 1. The first-order chi connectivity index (χ1) is 6.74. The maximum atomic E-state index is 11.6. The molecule has 2 N–H and O–H groups in total. The molecule has 2 saturated heterocycles. The smallest absolute Gasteiger partial charge is 0.242 e. The van der Waals surface area contributed by atoms with E-state index >= 15 is 0 Å². The van der Waals surface area contributed by atoms with Crippen molar-refractivity contribution in [3.8, 4) is 0 Å². The highest BCUT2D eigenvalue weighted by Gasteiger charge is 2.41. The fraction of sp³-hybridized carbons (Fsp3) is 0.778. The van der Waals surface area contributed by atoms with E-state index < -0.39 is 0 Å². The summed E-state index contributed by atoms with van der Waals surface area (Å²) in [6.07, 6.45) is 1.74. The molecular weight excluding hydrogens is 184 g/mol. The number of carbonyl (C=O) groups excluding carboxylic acids is 2. The van der Waals surface area contributed by atoms with Gasteiger partial charge in [-0.2, -0.15) is 0 Å². The highest BCUT2D eigenvalue weighted by molar-refractivity contribution is 5.90. The molecule has 0 aromatic rings. The highest BCUT2D eigenvalue weighted by atomic mass is 16.3. The van der Waals surface area contributed by atoms with Gasteiger partial charge in [-0.05, 0) is 12.8 Å². The van der Waals surface area contributed by atoms with E-state index in [0.29, 0.717) is 19.4 Å². The summed E-state index contributed by atoms with van der Waals surface area (Å²) in [4.78, 5) is 24.7. The molecule has 14 heavy (non-hydrogen) atoms. The largest absolute Gasteiger partial charge is 0.394 e. The summed E-state index contributed by atoms with van der Waals surface area (Å²) in [5.74, 6) is -0.100. The summed E-state index contributed by atoms with van der Waals surface area (Å²) in [6.45, 7) is 0.373. The zero-order valence-corrected chi connectivity index (χ0v) is 7.90. The Labute approximate surface area is 82.1 Å². The third-order valence-electron chi connectivity index (χ3n) is 2.94. The number of amides is 2. The van der Waals surface area contributed by atoms with Gasteiger partial charge in [-0.1, -0.05) is 0 Å². The van der Waals surface area contributed by atoms with Crippen molar-refractivity contribution in [1.29, 1.82) is 0 Å². The molecule has 2 amide bonds. The lowest BCUT2D eigenvalue weighted by atomic mass is 10.2. The van der Waals surface area contributed by atoms with E-state index in [1.807, 2.05) is 0 Å². The van der Waals surface area contributed by atoms with Crippen LogP contribution in [0.1, 0.15) is 19.3 Å². The van der Waals surface area contributed by atoms with Gasteiger partial charge in [-0.3, -0.25) is 9.59 Å². The second-order valence-corrected chi connectivity index (χ2v) is 3.77. The Balaban J connectivity index is 2.22. The third kappa shape index (κ3) is 1.37. The van der Waals surface area contributed by atoms with Crippen molar-refractivity contribution in [1.82, 2.24) is 10.2 Å². The van der Waals surface area contributed by atoms with Crippen LogP contribution in [-0.2, 0) is 9.59 Å². The van der Waals surface area contributed by atoms with Crippen LogP contribution < -0.4 is 5.32 Å². The third-order valence-corrected chi connectivity index (χ3v) is 2.94. The lowest BCUT2D eigenvalue weighted by Crippen LogP contribution is -2.46. The normalized spacial score (nSPS) is 32.5. The van der Waals surface area contributed by atoms with E-state index in [0.717, 1.165) is 6.42 Å². The maximum absolute atomic E-state index is 11.6. The summed E-state index contributed by atoms with van der Waals surface area (Å²) >= 11 is 0. The zero-order chi connectivity index (χ0) is 10.1. The summed E-state index contributed by atoms with van der Waals surface area (Å²) in [5, 5.41) is 11.8. The first-order valence-corrected chi connectivity index (χ1v) is 4.94. The van der Waals surface area contributed by atoms with Gasteiger partial charge < -0.3 is 15.3 Å². The molecule has 0 saturated carbocycles. The topological polar surface area (TPSA) is 69.6 Å². The van der Waals surface area contributed by atoms with Gasteiger partial charge in [-0.15, -0.1) is 0 Å². The van der Waals surface area contributed by atoms with Gasteiger partial charge in [0.05, 0.1) is 12.6 Å². The Morgan fingerprint density at radius 3 is 2.93 bits per heavy atom. The van der Waals surface area contributed by atoms with E-state index in [1.165, 1.54) is 0 Å². The molecule has 0 unspecified atom stereocenters. The molecule has 0 aliphatic carbocycles. The standard InChI is InChI=1S/C9H14N2O3/c12-5-6-1-2-7-9(14)10-4-3-8(13)11(6)7/h6-7,12H,1-5H2,(H,10,14)/t6-,7+/m1/s1. The number of nitrogens with one attached hydrogen (secondary N) is 1. The second-order valence-electron chi connectivity index (χ2n) is 3.77. The van der Waals surface area contributed by atoms with Crippen LogP contribution in [-0.4, -0.2) is 47.1 Å². The number of hydrogen-bond acceptors (Lipinski definition) is 3. The van der Waals surface area contributed by atoms with Gasteiger partial charge in [0.15, 0.2) is 0 Å². The van der Waals surface area contributed by atoms with Gasteiger partial charge in [0.2, 0.25) is 11.8 Å². The summed E-state index contributed by atoms with van der Waals surface area (Å²) in [6, 6.07) is -0.501. The van der Waals surface area contributed by atoms with Gasteiger partial charge >= 0.3 is 0 Å². The van der Waals surface area contributed by atoms with Crippen LogP contribution in [0.3, 0.4) is 0 Å². The van der Waals surface area contributed by atoms with E-state index in [-0.39, 0.29) is 30.5 Å². The minimum absolute atomic E-state index is 0.0232. The average Bonchev–Trinajstić information content (AvgIpc) is 2.55. The predicted molar refractivity (Wildman–Crippen MR) is 48.4 cm³/mol. The van der Waals surface area contributed by atoms with Crippen molar-refractivity contribution < 1.29 is 14.7 Å². The molecule has 2 heterocycles. The Hall–Kier alpha value is -1.10. The quantitative estimate of drug-likeness (QED) is 0.559. The van der Waals surface area contributed by atoms with Crippen molar-refractivity contribution in [2.45, 2.75) is 31.3 Å². The monoisotopic (exact) mass is 198 g/mol. The molecule has 78 valence electrons. The number of fused-ring (bicyclic) bond motifs is 1.